The number of likely N-dealkylation sites (tertiary alicyclic amines) is 1. The van der Waals surface area contributed by atoms with Gasteiger partial charge in [0.05, 0.1) is 7.11 Å². The van der Waals surface area contributed by atoms with Gasteiger partial charge in [-0.3, -0.25) is 4.79 Å². The van der Waals surface area contributed by atoms with Crippen LogP contribution in [0.25, 0.3) is 0 Å². The van der Waals surface area contributed by atoms with Crippen LogP contribution in [0.3, 0.4) is 0 Å². The molecule has 3 rings (SSSR count). The zero-order valence-corrected chi connectivity index (χ0v) is 16.8. The van der Waals surface area contributed by atoms with Crippen LogP contribution in [-0.2, 0) is 6.54 Å². The van der Waals surface area contributed by atoms with Crippen LogP contribution in [0.5, 0.6) is 5.75 Å². The van der Waals surface area contributed by atoms with Crippen LogP contribution < -0.4 is 4.74 Å². The average Bonchev–Trinajstić information content (AvgIpc) is 3.14. The molecular weight excluding hydrogens is 340 g/mol. The second-order valence-corrected chi connectivity index (χ2v) is 7.53. The smallest absolute Gasteiger partial charge is 0.254 e. The molecule has 2 aromatic rings. The number of imidazole rings is 1. The number of hydrogen-bond acceptors (Lipinski definition) is 4. The summed E-state index contributed by atoms with van der Waals surface area (Å²) in [6.45, 7) is 5.46. The quantitative estimate of drug-likeness (QED) is 0.785. The van der Waals surface area contributed by atoms with Crippen molar-refractivity contribution in [3.05, 3.63) is 47.5 Å². The highest BCUT2D eigenvalue weighted by Gasteiger charge is 2.27. The Morgan fingerprint density at radius 3 is 2.67 bits per heavy atom. The topological polar surface area (TPSA) is 50.6 Å². The number of methoxy groups -OCH3 is 1. The molecule has 2 heterocycles. The third kappa shape index (κ3) is 4.50. The van der Waals surface area contributed by atoms with E-state index in [1.165, 1.54) is 0 Å². The van der Waals surface area contributed by atoms with Gasteiger partial charge in [0, 0.05) is 50.1 Å². The van der Waals surface area contributed by atoms with Crippen molar-refractivity contribution in [3.8, 4) is 5.75 Å². The van der Waals surface area contributed by atoms with E-state index >= 15 is 0 Å². The van der Waals surface area contributed by atoms with E-state index in [2.05, 4.69) is 34.7 Å². The van der Waals surface area contributed by atoms with E-state index in [-0.39, 0.29) is 5.91 Å². The number of ether oxygens (including phenoxy) is 1. The SMILES string of the molecule is COc1ccc(C(=O)N2CCC(c3nccn3CCN(C)C)CC2)c(C)c1. The van der Waals surface area contributed by atoms with Crippen molar-refractivity contribution in [2.75, 3.05) is 40.8 Å². The number of benzene rings is 1. The normalized spacial score (nSPS) is 15.4. The summed E-state index contributed by atoms with van der Waals surface area (Å²) in [6, 6.07) is 5.65. The Bertz CT molecular complexity index is 776. The maximum Gasteiger partial charge on any atom is 0.254 e. The van der Waals surface area contributed by atoms with Gasteiger partial charge in [-0.05, 0) is 57.6 Å². The van der Waals surface area contributed by atoms with Crippen LogP contribution >= 0.6 is 0 Å². The summed E-state index contributed by atoms with van der Waals surface area (Å²) in [6.07, 6.45) is 5.88. The minimum absolute atomic E-state index is 0.115. The lowest BCUT2D eigenvalue weighted by molar-refractivity contribution is 0.0709. The Hall–Kier alpha value is -2.34. The summed E-state index contributed by atoms with van der Waals surface area (Å²) < 4.78 is 7.50. The maximum absolute atomic E-state index is 12.9. The Morgan fingerprint density at radius 1 is 1.30 bits per heavy atom. The van der Waals surface area contributed by atoms with E-state index in [4.69, 9.17) is 4.74 Å². The molecule has 1 aliphatic heterocycles. The molecule has 0 atom stereocenters. The van der Waals surface area contributed by atoms with Crippen molar-refractivity contribution in [1.29, 1.82) is 0 Å². The fourth-order valence-corrected chi connectivity index (χ4v) is 3.69. The number of carbonyl (C=O) groups is 1. The minimum Gasteiger partial charge on any atom is -0.497 e. The molecule has 1 aromatic heterocycles. The number of piperidine rings is 1. The Morgan fingerprint density at radius 2 is 2.04 bits per heavy atom. The third-order valence-corrected chi connectivity index (χ3v) is 5.35. The van der Waals surface area contributed by atoms with E-state index in [0.29, 0.717) is 5.92 Å². The summed E-state index contributed by atoms with van der Waals surface area (Å²) >= 11 is 0. The van der Waals surface area contributed by atoms with Crippen LogP contribution in [0.1, 0.15) is 40.5 Å². The average molecular weight is 370 g/mol. The van der Waals surface area contributed by atoms with Gasteiger partial charge < -0.3 is 19.1 Å². The van der Waals surface area contributed by atoms with Crippen LogP contribution in [0.2, 0.25) is 0 Å². The Kier molecular flexibility index (Phi) is 6.16. The standard InChI is InChI=1S/C21H30N4O2/c1-16-15-18(27-4)5-6-19(16)21(26)25-10-7-17(8-11-25)20-22-9-12-24(20)14-13-23(2)3/h5-6,9,12,15,17H,7-8,10-11,13-14H2,1-4H3. The van der Waals surface area contributed by atoms with Crippen molar-refractivity contribution >= 4 is 5.91 Å². The molecule has 1 saturated heterocycles. The molecule has 1 fully saturated rings. The second kappa shape index (κ2) is 8.57. The van der Waals surface area contributed by atoms with Crippen molar-refractivity contribution in [2.45, 2.75) is 32.2 Å². The van der Waals surface area contributed by atoms with Gasteiger partial charge in [-0.2, -0.15) is 0 Å². The van der Waals surface area contributed by atoms with E-state index in [1.807, 2.05) is 36.2 Å². The highest BCUT2D eigenvalue weighted by atomic mass is 16.5. The van der Waals surface area contributed by atoms with Gasteiger partial charge in [-0.15, -0.1) is 0 Å². The van der Waals surface area contributed by atoms with Crippen molar-refractivity contribution in [3.63, 3.8) is 0 Å². The van der Waals surface area contributed by atoms with E-state index in [1.54, 1.807) is 7.11 Å². The highest BCUT2D eigenvalue weighted by Crippen LogP contribution is 2.28. The number of hydrogen-bond donors (Lipinski definition) is 0. The van der Waals surface area contributed by atoms with Crippen molar-refractivity contribution < 1.29 is 9.53 Å². The number of nitrogens with zero attached hydrogens (tertiary/aromatic N) is 4. The molecule has 0 N–H and O–H groups in total. The van der Waals surface area contributed by atoms with Crippen molar-refractivity contribution in [2.24, 2.45) is 0 Å². The maximum atomic E-state index is 12.9. The van der Waals surface area contributed by atoms with Gasteiger partial charge in [0.1, 0.15) is 11.6 Å². The molecule has 1 amide bonds. The first-order valence-corrected chi connectivity index (χ1v) is 9.59. The number of carbonyl (C=O) groups excluding carboxylic acids is 1. The van der Waals surface area contributed by atoms with Gasteiger partial charge >= 0.3 is 0 Å². The van der Waals surface area contributed by atoms with Crippen LogP contribution in [0.4, 0.5) is 0 Å². The Balaban J connectivity index is 1.62. The van der Waals surface area contributed by atoms with Crippen molar-refractivity contribution in [1.82, 2.24) is 19.4 Å². The number of amides is 1. The highest BCUT2D eigenvalue weighted by molar-refractivity contribution is 5.95. The second-order valence-electron chi connectivity index (χ2n) is 7.53. The molecule has 0 unspecified atom stereocenters. The third-order valence-electron chi connectivity index (χ3n) is 5.35. The molecule has 1 aliphatic rings. The summed E-state index contributed by atoms with van der Waals surface area (Å²) in [5.74, 6) is 2.48. The summed E-state index contributed by atoms with van der Waals surface area (Å²) in [5, 5.41) is 0. The van der Waals surface area contributed by atoms with E-state index in [9.17, 15) is 4.79 Å². The first kappa shape index (κ1) is 19.4. The van der Waals surface area contributed by atoms with Gasteiger partial charge in [0.25, 0.3) is 5.91 Å². The number of aryl methyl sites for hydroxylation is 1. The fourth-order valence-electron chi connectivity index (χ4n) is 3.69. The molecule has 0 aliphatic carbocycles. The van der Waals surface area contributed by atoms with Gasteiger partial charge in [0.15, 0.2) is 0 Å². The first-order chi connectivity index (χ1) is 13.0. The van der Waals surface area contributed by atoms with Crippen LogP contribution in [0, 0.1) is 6.92 Å². The Labute approximate surface area is 161 Å². The minimum atomic E-state index is 0.115. The van der Waals surface area contributed by atoms with Gasteiger partial charge in [-0.25, -0.2) is 4.98 Å². The molecular formula is C21H30N4O2. The lowest BCUT2D eigenvalue weighted by Crippen LogP contribution is -2.38. The molecule has 1 aromatic carbocycles. The zero-order valence-electron chi connectivity index (χ0n) is 16.8. The molecule has 27 heavy (non-hydrogen) atoms. The van der Waals surface area contributed by atoms with Gasteiger partial charge in [-0.1, -0.05) is 0 Å². The first-order valence-electron chi connectivity index (χ1n) is 9.59. The van der Waals surface area contributed by atoms with E-state index in [0.717, 1.165) is 61.7 Å². The zero-order chi connectivity index (χ0) is 19.4. The predicted molar refractivity (Wildman–Crippen MR) is 106 cm³/mol. The number of aromatic nitrogens is 2. The monoisotopic (exact) mass is 370 g/mol. The largest absolute Gasteiger partial charge is 0.497 e. The molecule has 0 saturated carbocycles. The fraction of sp³-hybridized carbons (Fsp3) is 0.524. The summed E-state index contributed by atoms with van der Waals surface area (Å²) in [4.78, 5) is 21.7. The van der Waals surface area contributed by atoms with Gasteiger partial charge in [0.2, 0.25) is 0 Å². The molecule has 146 valence electrons. The summed E-state index contributed by atoms with van der Waals surface area (Å²) in [5.41, 5.74) is 1.72. The van der Waals surface area contributed by atoms with E-state index < -0.39 is 0 Å². The predicted octanol–water partition coefficient (Wildman–Crippen LogP) is 2.78. The molecule has 6 heteroatoms. The lowest BCUT2D eigenvalue weighted by Gasteiger charge is -2.32. The molecule has 6 nitrogen and oxygen atoms in total. The van der Waals surface area contributed by atoms with Crippen LogP contribution in [0.15, 0.2) is 30.6 Å². The lowest BCUT2D eigenvalue weighted by atomic mass is 9.95. The molecule has 0 bridgehead atoms. The van der Waals surface area contributed by atoms with Crippen LogP contribution in [-0.4, -0.2) is 66.1 Å². The molecule has 0 radical (unpaired) electrons. The summed E-state index contributed by atoms with van der Waals surface area (Å²) in [7, 11) is 5.81. The molecule has 0 spiro atoms. The number of rotatable bonds is 6. The number of likely N-dealkylation sites (N-methyl/N-ethyl adjacent to an activating group) is 1.